The van der Waals surface area contributed by atoms with Gasteiger partial charge in [0.05, 0.1) is 49.9 Å². The van der Waals surface area contributed by atoms with Crippen LogP contribution in [-0.4, -0.2) is 76.4 Å². The second kappa shape index (κ2) is 13.1. The second-order valence-corrected chi connectivity index (χ2v) is 9.53. The number of nitrogens with one attached hydrogen (secondary N) is 2. The van der Waals surface area contributed by atoms with Crippen molar-refractivity contribution in [3.05, 3.63) is 34.0 Å². The molecule has 14 heteroatoms. The fraction of sp³-hybridized carbons (Fsp3) is 0.478. The van der Waals surface area contributed by atoms with Crippen LogP contribution in [0.4, 0.5) is 11.5 Å². The van der Waals surface area contributed by atoms with Crippen molar-refractivity contribution < 1.29 is 23.9 Å². The number of anilines is 1. The molecule has 0 aliphatic heterocycles. The maximum Gasteiger partial charge on any atom is 0.286 e. The van der Waals surface area contributed by atoms with Gasteiger partial charge in [0.1, 0.15) is 11.4 Å². The lowest BCUT2D eigenvalue weighted by atomic mass is 10.1. The maximum atomic E-state index is 12.8. The molecule has 0 saturated carbocycles. The SMILES string of the molecule is CCOCCNc1nc(SC(C)C)nc2c1cnn2CCNC(=O)c1cc(OC)c(OC)cc1[N+](=O)[O-]. The first-order valence-corrected chi connectivity index (χ1v) is 12.6. The number of benzene rings is 1. The van der Waals surface area contributed by atoms with Gasteiger partial charge in [-0.05, 0) is 6.92 Å². The Labute approximate surface area is 218 Å². The highest BCUT2D eigenvalue weighted by atomic mass is 32.2. The number of rotatable bonds is 14. The second-order valence-electron chi connectivity index (χ2n) is 7.99. The molecule has 0 spiro atoms. The number of hydrogen-bond acceptors (Lipinski definition) is 11. The monoisotopic (exact) mass is 533 g/mol. The summed E-state index contributed by atoms with van der Waals surface area (Å²) in [6, 6.07) is 2.46. The molecule has 0 radical (unpaired) electrons. The van der Waals surface area contributed by atoms with Gasteiger partial charge in [-0.1, -0.05) is 25.6 Å². The molecule has 3 aromatic rings. The number of fused-ring (bicyclic) bond motifs is 1. The fourth-order valence-electron chi connectivity index (χ4n) is 3.45. The van der Waals surface area contributed by atoms with Gasteiger partial charge in [0.2, 0.25) is 0 Å². The van der Waals surface area contributed by atoms with Crippen LogP contribution in [0.3, 0.4) is 0 Å². The lowest BCUT2D eigenvalue weighted by molar-refractivity contribution is -0.385. The number of carbonyl (C=O) groups excluding carboxylic acids is 1. The van der Waals surface area contributed by atoms with Gasteiger partial charge in [-0.25, -0.2) is 14.6 Å². The Morgan fingerprint density at radius 2 is 1.92 bits per heavy atom. The van der Waals surface area contributed by atoms with E-state index in [1.807, 2.05) is 6.92 Å². The van der Waals surface area contributed by atoms with Crippen molar-refractivity contribution in [3.63, 3.8) is 0 Å². The summed E-state index contributed by atoms with van der Waals surface area (Å²) in [7, 11) is 2.76. The minimum absolute atomic E-state index is 0.133. The number of amides is 1. The van der Waals surface area contributed by atoms with Gasteiger partial charge in [-0.3, -0.25) is 14.9 Å². The molecule has 2 aromatic heterocycles. The van der Waals surface area contributed by atoms with E-state index in [4.69, 9.17) is 14.2 Å². The standard InChI is InChI=1S/C23H31N7O6S/c1-6-36-10-8-24-20-16-13-26-29(21(16)28-23(27-20)37-14(2)3)9-7-25-22(31)15-11-18(34-4)19(35-5)12-17(15)30(32)33/h11-14H,6-10H2,1-5H3,(H,25,31)(H,24,27,28). The molecule has 200 valence electrons. The Hall–Kier alpha value is -3.65. The number of thioether (sulfide) groups is 1. The number of methoxy groups -OCH3 is 2. The first-order chi connectivity index (χ1) is 17.8. The van der Waals surface area contributed by atoms with E-state index in [1.54, 1.807) is 10.9 Å². The molecule has 37 heavy (non-hydrogen) atoms. The van der Waals surface area contributed by atoms with Gasteiger partial charge < -0.3 is 24.8 Å². The number of aromatic nitrogens is 4. The van der Waals surface area contributed by atoms with Crippen molar-refractivity contribution in [3.8, 4) is 11.5 Å². The van der Waals surface area contributed by atoms with Crippen molar-refractivity contribution in [2.75, 3.05) is 45.8 Å². The van der Waals surface area contributed by atoms with Crippen LogP contribution in [0.5, 0.6) is 11.5 Å². The molecular formula is C23H31N7O6S. The van der Waals surface area contributed by atoms with Gasteiger partial charge >= 0.3 is 0 Å². The Kier molecular flexibility index (Phi) is 9.85. The lowest BCUT2D eigenvalue weighted by Crippen LogP contribution is -2.28. The molecule has 0 bridgehead atoms. The lowest BCUT2D eigenvalue weighted by Gasteiger charge is -2.12. The minimum Gasteiger partial charge on any atom is -0.493 e. The van der Waals surface area contributed by atoms with Gasteiger partial charge in [-0.2, -0.15) is 5.10 Å². The van der Waals surface area contributed by atoms with E-state index in [9.17, 15) is 14.9 Å². The maximum absolute atomic E-state index is 12.8. The quantitative estimate of drug-likeness (QED) is 0.103. The molecular weight excluding hydrogens is 502 g/mol. The molecule has 0 atom stereocenters. The largest absolute Gasteiger partial charge is 0.493 e. The molecule has 0 aliphatic carbocycles. The number of hydrogen-bond donors (Lipinski definition) is 2. The summed E-state index contributed by atoms with van der Waals surface area (Å²) in [5.41, 5.74) is 0.0978. The number of ether oxygens (including phenoxy) is 3. The summed E-state index contributed by atoms with van der Waals surface area (Å²) in [6.45, 7) is 8.25. The topological polar surface area (TPSA) is 156 Å². The van der Waals surface area contributed by atoms with E-state index in [-0.39, 0.29) is 41.1 Å². The molecule has 2 heterocycles. The number of nitrogens with zero attached hydrogens (tertiary/aromatic N) is 5. The molecule has 0 saturated heterocycles. The van der Waals surface area contributed by atoms with E-state index in [0.717, 1.165) is 5.39 Å². The molecule has 1 aromatic carbocycles. The van der Waals surface area contributed by atoms with Crippen LogP contribution in [0.1, 0.15) is 31.1 Å². The summed E-state index contributed by atoms with van der Waals surface area (Å²) in [5.74, 6) is 0.416. The van der Waals surface area contributed by atoms with Crippen LogP contribution < -0.4 is 20.1 Å². The van der Waals surface area contributed by atoms with Crippen molar-refractivity contribution in [2.45, 2.75) is 37.7 Å². The molecule has 0 aliphatic rings. The molecule has 0 unspecified atom stereocenters. The van der Waals surface area contributed by atoms with E-state index in [0.29, 0.717) is 36.4 Å². The van der Waals surface area contributed by atoms with Crippen LogP contribution in [0.15, 0.2) is 23.5 Å². The van der Waals surface area contributed by atoms with Gasteiger partial charge in [-0.15, -0.1) is 0 Å². The van der Waals surface area contributed by atoms with Gasteiger partial charge in [0, 0.05) is 31.0 Å². The zero-order chi connectivity index (χ0) is 26.9. The Morgan fingerprint density at radius 1 is 1.19 bits per heavy atom. The normalized spacial score (nSPS) is 11.1. The third-order valence-electron chi connectivity index (χ3n) is 5.11. The van der Waals surface area contributed by atoms with Crippen LogP contribution in [0, 0.1) is 10.1 Å². The Bertz CT molecular complexity index is 1250. The van der Waals surface area contributed by atoms with Crippen molar-refractivity contribution >= 4 is 40.2 Å². The number of nitro benzene ring substituents is 1. The Morgan fingerprint density at radius 3 is 2.57 bits per heavy atom. The highest BCUT2D eigenvalue weighted by molar-refractivity contribution is 7.99. The van der Waals surface area contributed by atoms with E-state index in [1.165, 1.54) is 38.1 Å². The average molecular weight is 534 g/mol. The Balaban J connectivity index is 1.79. The fourth-order valence-corrected chi connectivity index (χ4v) is 4.16. The van der Waals surface area contributed by atoms with Crippen LogP contribution in [0.2, 0.25) is 0 Å². The first kappa shape index (κ1) is 27.9. The predicted octanol–water partition coefficient (Wildman–Crippen LogP) is 3.13. The molecule has 1 amide bonds. The summed E-state index contributed by atoms with van der Waals surface area (Å²) in [5, 5.41) is 23.6. The molecule has 0 fully saturated rings. The van der Waals surface area contributed by atoms with Crippen molar-refractivity contribution in [1.29, 1.82) is 0 Å². The molecule has 2 N–H and O–H groups in total. The van der Waals surface area contributed by atoms with Crippen molar-refractivity contribution in [1.82, 2.24) is 25.1 Å². The minimum atomic E-state index is -0.636. The third kappa shape index (κ3) is 6.98. The van der Waals surface area contributed by atoms with Gasteiger partial charge in [0.25, 0.3) is 11.6 Å². The summed E-state index contributed by atoms with van der Waals surface area (Å²) in [4.78, 5) is 33.0. The number of nitro groups is 1. The van der Waals surface area contributed by atoms with Gasteiger partial charge in [0.15, 0.2) is 22.3 Å². The van der Waals surface area contributed by atoms with Crippen LogP contribution in [0.25, 0.3) is 11.0 Å². The first-order valence-electron chi connectivity index (χ1n) is 11.7. The zero-order valence-corrected chi connectivity index (χ0v) is 22.3. The third-order valence-corrected chi connectivity index (χ3v) is 5.98. The zero-order valence-electron chi connectivity index (χ0n) is 21.4. The van der Waals surface area contributed by atoms with E-state index < -0.39 is 10.8 Å². The average Bonchev–Trinajstić information content (AvgIpc) is 3.28. The predicted molar refractivity (Wildman–Crippen MR) is 140 cm³/mol. The molecule has 13 nitrogen and oxygen atoms in total. The highest BCUT2D eigenvalue weighted by Crippen LogP contribution is 2.34. The summed E-state index contributed by atoms with van der Waals surface area (Å²) >= 11 is 1.53. The van der Waals surface area contributed by atoms with Crippen molar-refractivity contribution in [2.24, 2.45) is 0 Å². The van der Waals surface area contributed by atoms with Crippen LogP contribution in [-0.2, 0) is 11.3 Å². The summed E-state index contributed by atoms with van der Waals surface area (Å²) < 4.78 is 17.4. The van der Waals surface area contributed by atoms with E-state index >= 15 is 0 Å². The summed E-state index contributed by atoms with van der Waals surface area (Å²) in [6.07, 6.45) is 1.67. The van der Waals surface area contributed by atoms with E-state index in [2.05, 4.69) is 39.5 Å². The highest BCUT2D eigenvalue weighted by Gasteiger charge is 2.24. The smallest absolute Gasteiger partial charge is 0.286 e. The molecule has 3 rings (SSSR count). The number of carbonyl (C=O) groups is 1. The van der Waals surface area contributed by atoms with Crippen LogP contribution >= 0.6 is 11.8 Å².